The van der Waals surface area contributed by atoms with Gasteiger partial charge >= 0.3 is 0 Å². The zero-order valence-electron chi connectivity index (χ0n) is 19.1. The molecule has 7 aliphatic rings. The molecule has 0 aromatic heterocycles. The predicted octanol–water partition coefficient (Wildman–Crippen LogP) is 5.99. The SMILES string of the molecule is CC(C)CC1CCC2(C)C(CC=C3C2CCC2[C@@H]4COC5(CCC4O)C(C)C325)C1. The van der Waals surface area contributed by atoms with Crippen molar-refractivity contribution >= 4 is 0 Å². The molecule has 162 valence electrons. The Hall–Kier alpha value is -0.340. The number of hydrogen-bond donors (Lipinski definition) is 1. The van der Waals surface area contributed by atoms with Crippen molar-refractivity contribution < 1.29 is 9.84 Å². The molecule has 2 spiro atoms. The van der Waals surface area contributed by atoms with Gasteiger partial charge in [-0.05, 0) is 98.7 Å². The molecule has 7 rings (SSSR count). The van der Waals surface area contributed by atoms with E-state index in [9.17, 15) is 5.11 Å². The molecule has 1 N–H and O–H groups in total. The van der Waals surface area contributed by atoms with Crippen molar-refractivity contribution in [2.45, 2.75) is 97.2 Å². The second kappa shape index (κ2) is 6.12. The van der Waals surface area contributed by atoms with Gasteiger partial charge in [0.2, 0.25) is 0 Å². The van der Waals surface area contributed by atoms with Gasteiger partial charge in [0.15, 0.2) is 0 Å². The Morgan fingerprint density at radius 3 is 2.79 bits per heavy atom. The molecular weight excluding hydrogens is 356 g/mol. The number of rotatable bonds is 2. The van der Waals surface area contributed by atoms with Gasteiger partial charge in [-0.2, -0.15) is 0 Å². The topological polar surface area (TPSA) is 29.5 Å². The lowest BCUT2D eigenvalue weighted by Gasteiger charge is -2.58. The third-order valence-corrected chi connectivity index (χ3v) is 11.4. The van der Waals surface area contributed by atoms with Crippen LogP contribution in [0.4, 0.5) is 0 Å². The second-order valence-electron chi connectivity index (χ2n) is 12.7. The third kappa shape index (κ3) is 2.22. The van der Waals surface area contributed by atoms with Gasteiger partial charge < -0.3 is 9.84 Å². The standard InChI is InChI=1S/C27H42O2/c1-16(2)13-18-9-11-25(4)19(14-18)5-6-23-22(25)8-7-21-20-15-29-26(12-10-24(20)28)17(3)27(21,23)26/h6,16-22,24,28H,5,7-15H2,1-4H3/t17?,18?,19?,20-,21?,22?,24?,25?,26?,27?/m0/s1. The number of hydrogen-bond acceptors (Lipinski definition) is 2. The van der Waals surface area contributed by atoms with E-state index in [1.54, 1.807) is 0 Å². The van der Waals surface area contributed by atoms with Crippen LogP contribution in [0, 0.1) is 52.3 Å². The molecule has 29 heavy (non-hydrogen) atoms. The maximum atomic E-state index is 10.9. The van der Waals surface area contributed by atoms with Crippen LogP contribution in [0.3, 0.4) is 0 Å². The van der Waals surface area contributed by atoms with Crippen LogP contribution >= 0.6 is 0 Å². The minimum atomic E-state index is -0.133. The van der Waals surface area contributed by atoms with Crippen molar-refractivity contribution in [3.8, 4) is 0 Å². The fraction of sp³-hybridized carbons (Fsp3) is 0.926. The van der Waals surface area contributed by atoms with Crippen molar-refractivity contribution in [3.63, 3.8) is 0 Å². The summed E-state index contributed by atoms with van der Waals surface area (Å²) >= 11 is 0. The van der Waals surface area contributed by atoms with Crippen LogP contribution in [0.1, 0.15) is 85.5 Å². The van der Waals surface area contributed by atoms with E-state index >= 15 is 0 Å². The molecule has 2 nitrogen and oxygen atoms in total. The first kappa shape index (κ1) is 19.4. The average molecular weight is 399 g/mol. The van der Waals surface area contributed by atoms with Crippen molar-refractivity contribution in [1.29, 1.82) is 0 Å². The molecule has 0 radical (unpaired) electrons. The van der Waals surface area contributed by atoms with Gasteiger partial charge in [0.05, 0.1) is 18.3 Å². The summed E-state index contributed by atoms with van der Waals surface area (Å²) < 4.78 is 6.68. The smallest absolute Gasteiger partial charge is 0.0817 e. The van der Waals surface area contributed by atoms with E-state index in [0.717, 1.165) is 43.1 Å². The molecular formula is C27H42O2. The van der Waals surface area contributed by atoms with Gasteiger partial charge in [-0.25, -0.2) is 0 Å². The number of aliphatic hydroxyl groups excluding tert-OH is 1. The van der Waals surface area contributed by atoms with Crippen LogP contribution in [0.25, 0.3) is 0 Å². The summed E-state index contributed by atoms with van der Waals surface area (Å²) in [5.74, 6) is 5.17. The number of aliphatic hydroxyl groups is 1. The molecule has 2 heteroatoms. The summed E-state index contributed by atoms with van der Waals surface area (Å²) in [5.41, 5.74) is 2.67. The zero-order chi connectivity index (χ0) is 20.2. The number of allylic oxidation sites excluding steroid dienone is 1. The Kier molecular flexibility index (Phi) is 4.09. The van der Waals surface area contributed by atoms with E-state index in [0.29, 0.717) is 23.2 Å². The molecule has 9 unspecified atom stereocenters. The molecule has 10 atom stereocenters. The van der Waals surface area contributed by atoms with Gasteiger partial charge in [0.25, 0.3) is 0 Å². The van der Waals surface area contributed by atoms with Gasteiger partial charge in [-0.1, -0.05) is 39.3 Å². The van der Waals surface area contributed by atoms with Crippen molar-refractivity contribution in [3.05, 3.63) is 11.6 Å². The maximum Gasteiger partial charge on any atom is 0.0817 e. The summed E-state index contributed by atoms with van der Waals surface area (Å²) in [6.07, 6.45) is 14.4. The first-order chi connectivity index (χ1) is 13.8. The molecule has 4 saturated carbocycles. The van der Waals surface area contributed by atoms with Crippen LogP contribution < -0.4 is 0 Å². The Balaban J connectivity index is 1.37. The monoisotopic (exact) mass is 398 g/mol. The van der Waals surface area contributed by atoms with Crippen LogP contribution in [-0.2, 0) is 4.74 Å². The summed E-state index contributed by atoms with van der Waals surface area (Å²) in [6, 6.07) is 0. The van der Waals surface area contributed by atoms with E-state index in [1.807, 2.05) is 5.57 Å². The van der Waals surface area contributed by atoms with Crippen molar-refractivity contribution in [1.82, 2.24) is 0 Å². The van der Waals surface area contributed by atoms with E-state index in [2.05, 4.69) is 33.8 Å². The normalized spacial score (nSPS) is 57.9. The summed E-state index contributed by atoms with van der Waals surface area (Å²) in [7, 11) is 0. The first-order valence-corrected chi connectivity index (χ1v) is 12.9. The van der Waals surface area contributed by atoms with Crippen LogP contribution in [0.2, 0.25) is 0 Å². The highest BCUT2D eigenvalue weighted by Crippen LogP contribution is 2.83. The van der Waals surface area contributed by atoms with Gasteiger partial charge in [0, 0.05) is 11.3 Å². The van der Waals surface area contributed by atoms with Gasteiger partial charge in [0.1, 0.15) is 0 Å². The Morgan fingerprint density at radius 1 is 1.17 bits per heavy atom. The second-order valence-corrected chi connectivity index (χ2v) is 12.7. The molecule has 2 aliphatic heterocycles. The highest BCUT2D eigenvalue weighted by molar-refractivity contribution is 5.45. The Bertz CT molecular complexity index is 726. The Labute approximate surface area is 177 Å². The lowest BCUT2D eigenvalue weighted by Crippen LogP contribution is -2.53. The Morgan fingerprint density at radius 2 is 2.00 bits per heavy atom. The van der Waals surface area contributed by atoms with E-state index in [1.165, 1.54) is 44.9 Å². The molecule has 0 amide bonds. The molecule has 0 aromatic rings. The van der Waals surface area contributed by atoms with Crippen LogP contribution in [-0.4, -0.2) is 23.4 Å². The highest BCUT2D eigenvalue weighted by atomic mass is 16.5. The van der Waals surface area contributed by atoms with Crippen molar-refractivity contribution in [2.24, 2.45) is 52.3 Å². The molecule has 0 aromatic carbocycles. The summed E-state index contributed by atoms with van der Waals surface area (Å²) in [5, 5.41) is 10.9. The number of ether oxygens (including phenoxy) is 1. The van der Waals surface area contributed by atoms with E-state index in [4.69, 9.17) is 4.74 Å². The molecule has 2 heterocycles. The molecule has 5 aliphatic carbocycles. The molecule has 2 bridgehead atoms. The summed E-state index contributed by atoms with van der Waals surface area (Å²) in [4.78, 5) is 0. The first-order valence-electron chi connectivity index (χ1n) is 12.9. The van der Waals surface area contributed by atoms with Gasteiger partial charge in [-0.15, -0.1) is 0 Å². The average Bonchev–Trinajstić information content (AvgIpc) is 3.31. The number of fused-ring (bicyclic) bond motifs is 6. The molecule has 2 saturated heterocycles. The van der Waals surface area contributed by atoms with E-state index < -0.39 is 0 Å². The van der Waals surface area contributed by atoms with Crippen molar-refractivity contribution in [2.75, 3.05) is 6.61 Å². The van der Waals surface area contributed by atoms with E-state index in [-0.39, 0.29) is 17.1 Å². The summed E-state index contributed by atoms with van der Waals surface area (Å²) in [6.45, 7) is 10.8. The maximum absolute atomic E-state index is 10.9. The fourth-order valence-electron chi connectivity index (χ4n) is 10.2. The molecule has 6 fully saturated rings. The lowest BCUT2D eigenvalue weighted by atomic mass is 9.47. The highest BCUT2D eigenvalue weighted by Gasteiger charge is 2.84. The van der Waals surface area contributed by atoms with Crippen LogP contribution in [0.15, 0.2) is 11.6 Å². The zero-order valence-corrected chi connectivity index (χ0v) is 19.1. The fourth-order valence-corrected chi connectivity index (χ4v) is 10.2. The van der Waals surface area contributed by atoms with Crippen LogP contribution in [0.5, 0.6) is 0 Å². The third-order valence-electron chi connectivity index (χ3n) is 11.4. The lowest BCUT2D eigenvalue weighted by molar-refractivity contribution is -0.112. The minimum absolute atomic E-state index is 0.0637. The minimum Gasteiger partial charge on any atom is -0.393 e. The largest absolute Gasteiger partial charge is 0.393 e. The predicted molar refractivity (Wildman–Crippen MR) is 116 cm³/mol. The van der Waals surface area contributed by atoms with Gasteiger partial charge in [-0.3, -0.25) is 0 Å². The quantitative estimate of drug-likeness (QED) is 0.579.